The smallest absolute Gasteiger partial charge is 0.195 e. The number of aromatic nitrogens is 3. The van der Waals surface area contributed by atoms with E-state index < -0.39 is 0 Å². The summed E-state index contributed by atoms with van der Waals surface area (Å²) in [6.45, 7) is 3.65. The first kappa shape index (κ1) is 11.5. The zero-order chi connectivity index (χ0) is 12.5. The maximum Gasteiger partial charge on any atom is 0.195 e. The van der Waals surface area contributed by atoms with E-state index in [2.05, 4.69) is 27.8 Å². The zero-order valence-corrected chi connectivity index (χ0v) is 11.0. The summed E-state index contributed by atoms with van der Waals surface area (Å²) in [7, 11) is 0. The van der Waals surface area contributed by atoms with Crippen LogP contribution in [0.15, 0.2) is 24.3 Å². The predicted octanol–water partition coefficient (Wildman–Crippen LogP) is 2.87. The molecule has 2 aromatic rings. The van der Waals surface area contributed by atoms with Crippen LogP contribution in [-0.2, 0) is 6.54 Å². The number of nitrogens with one attached hydrogen (secondary N) is 1. The van der Waals surface area contributed by atoms with Crippen molar-refractivity contribution in [2.45, 2.75) is 25.8 Å². The molecule has 0 spiro atoms. The summed E-state index contributed by atoms with van der Waals surface area (Å²) in [5.41, 5.74) is 1.20. The summed E-state index contributed by atoms with van der Waals surface area (Å²) >= 11 is 5.25. The van der Waals surface area contributed by atoms with Gasteiger partial charge in [0.25, 0.3) is 0 Å². The number of ether oxygens (including phenoxy) is 1. The number of hydrogen-bond acceptors (Lipinski definition) is 3. The SMILES string of the molecule is CCn1c(C2CCOc3ccccc32)n[nH]c1=S. The maximum atomic E-state index is 5.68. The normalized spacial score (nSPS) is 18.2. The summed E-state index contributed by atoms with van der Waals surface area (Å²) < 4.78 is 8.43. The molecule has 0 amide bonds. The lowest BCUT2D eigenvalue weighted by atomic mass is 9.92. The fraction of sp³-hybridized carbons (Fsp3) is 0.385. The van der Waals surface area contributed by atoms with Crippen molar-refractivity contribution in [1.29, 1.82) is 0 Å². The maximum absolute atomic E-state index is 5.68. The van der Waals surface area contributed by atoms with Crippen LogP contribution in [0.4, 0.5) is 0 Å². The molecule has 94 valence electrons. The fourth-order valence-corrected chi connectivity index (χ4v) is 2.78. The molecule has 0 aliphatic carbocycles. The number of nitrogens with zero attached hydrogens (tertiary/aromatic N) is 2. The van der Waals surface area contributed by atoms with Crippen LogP contribution in [-0.4, -0.2) is 21.4 Å². The standard InChI is InChI=1S/C13H15N3OS/c1-2-16-12(14-15-13(16)18)10-7-8-17-11-6-4-3-5-9(10)11/h3-6,10H,2,7-8H2,1H3,(H,15,18). The van der Waals surface area contributed by atoms with Crippen LogP contribution in [0.2, 0.25) is 0 Å². The molecule has 4 nitrogen and oxygen atoms in total. The van der Waals surface area contributed by atoms with Gasteiger partial charge in [-0.25, -0.2) is 0 Å². The van der Waals surface area contributed by atoms with Crippen molar-refractivity contribution in [2.24, 2.45) is 0 Å². The molecule has 0 bridgehead atoms. The molecule has 1 aliphatic heterocycles. The van der Waals surface area contributed by atoms with E-state index in [-0.39, 0.29) is 5.92 Å². The van der Waals surface area contributed by atoms with Crippen molar-refractivity contribution >= 4 is 12.2 Å². The van der Waals surface area contributed by atoms with E-state index in [0.29, 0.717) is 4.77 Å². The van der Waals surface area contributed by atoms with Crippen LogP contribution in [0, 0.1) is 4.77 Å². The van der Waals surface area contributed by atoms with Gasteiger partial charge < -0.3 is 9.30 Å². The van der Waals surface area contributed by atoms with Crippen LogP contribution < -0.4 is 4.74 Å². The number of para-hydroxylation sites is 1. The first-order valence-electron chi connectivity index (χ1n) is 6.18. The van der Waals surface area contributed by atoms with Crippen LogP contribution >= 0.6 is 12.2 Å². The van der Waals surface area contributed by atoms with E-state index in [4.69, 9.17) is 17.0 Å². The van der Waals surface area contributed by atoms with Crippen LogP contribution in [0.5, 0.6) is 5.75 Å². The molecule has 0 fully saturated rings. The van der Waals surface area contributed by atoms with E-state index in [1.807, 2.05) is 18.2 Å². The molecule has 3 rings (SSSR count). The van der Waals surface area contributed by atoms with Gasteiger partial charge in [-0.2, -0.15) is 5.10 Å². The highest BCUT2D eigenvalue weighted by molar-refractivity contribution is 7.71. The lowest BCUT2D eigenvalue weighted by Gasteiger charge is -2.25. The van der Waals surface area contributed by atoms with Crippen LogP contribution in [0.1, 0.15) is 30.7 Å². The Morgan fingerprint density at radius 3 is 3.17 bits per heavy atom. The van der Waals surface area contributed by atoms with E-state index in [0.717, 1.165) is 31.1 Å². The second-order valence-electron chi connectivity index (χ2n) is 4.36. The minimum atomic E-state index is 0.267. The van der Waals surface area contributed by atoms with Gasteiger partial charge in [0.05, 0.1) is 12.5 Å². The van der Waals surface area contributed by atoms with Gasteiger partial charge >= 0.3 is 0 Å². The Labute approximate surface area is 111 Å². The lowest BCUT2D eigenvalue weighted by Crippen LogP contribution is -2.18. The molecule has 1 N–H and O–H groups in total. The van der Waals surface area contributed by atoms with Crippen molar-refractivity contribution < 1.29 is 4.74 Å². The van der Waals surface area contributed by atoms with Gasteiger partial charge in [0, 0.05) is 12.1 Å². The molecule has 1 aliphatic rings. The topological polar surface area (TPSA) is 42.8 Å². The third-order valence-corrected chi connectivity index (χ3v) is 3.69. The molecule has 1 unspecified atom stereocenters. The van der Waals surface area contributed by atoms with Crippen molar-refractivity contribution in [1.82, 2.24) is 14.8 Å². The predicted molar refractivity (Wildman–Crippen MR) is 71.5 cm³/mol. The Morgan fingerprint density at radius 2 is 2.33 bits per heavy atom. The number of H-pyrrole nitrogens is 1. The molecule has 2 heterocycles. The molecular weight excluding hydrogens is 246 g/mol. The summed E-state index contributed by atoms with van der Waals surface area (Å²) in [6, 6.07) is 8.16. The van der Waals surface area contributed by atoms with Crippen molar-refractivity contribution in [3.05, 3.63) is 40.4 Å². The number of fused-ring (bicyclic) bond motifs is 1. The lowest BCUT2D eigenvalue weighted by molar-refractivity contribution is 0.273. The first-order valence-corrected chi connectivity index (χ1v) is 6.59. The molecule has 1 aromatic heterocycles. The van der Waals surface area contributed by atoms with Crippen LogP contribution in [0.25, 0.3) is 0 Å². The number of hydrogen-bond donors (Lipinski definition) is 1. The second-order valence-corrected chi connectivity index (χ2v) is 4.75. The van der Waals surface area contributed by atoms with Gasteiger partial charge in [0.15, 0.2) is 4.77 Å². The van der Waals surface area contributed by atoms with Crippen molar-refractivity contribution in [2.75, 3.05) is 6.61 Å². The highest BCUT2D eigenvalue weighted by Gasteiger charge is 2.26. The summed E-state index contributed by atoms with van der Waals surface area (Å²) in [5.74, 6) is 2.24. The fourth-order valence-electron chi connectivity index (χ4n) is 2.51. The number of aromatic amines is 1. The Morgan fingerprint density at radius 1 is 1.50 bits per heavy atom. The molecule has 0 saturated heterocycles. The number of benzene rings is 1. The van der Waals surface area contributed by atoms with Gasteiger partial charge in [-0.15, -0.1) is 0 Å². The van der Waals surface area contributed by atoms with E-state index in [1.54, 1.807) is 0 Å². The second kappa shape index (κ2) is 4.57. The van der Waals surface area contributed by atoms with Gasteiger partial charge in [0.1, 0.15) is 11.6 Å². The van der Waals surface area contributed by atoms with Gasteiger partial charge in [-0.1, -0.05) is 18.2 Å². The molecule has 1 atom stereocenters. The summed E-state index contributed by atoms with van der Waals surface area (Å²) in [4.78, 5) is 0. The third kappa shape index (κ3) is 1.75. The Bertz CT molecular complexity index is 617. The quantitative estimate of drug-likeness (QED) is 0.845. The molecule has 18 heavy (non-hydrogen) atoms. The molecule has 0 saturated carbocycles. The van der Waals surface area contributed by atoms with Crippen molar-refractivity contribution in [3.63, 3.8) is 0 Å². The highest BCUT2D eigenvalue weighted by atomic mass is 32.1. The van der Waals surface area contributed by atoms with Gasteiger partial charge in [-0.3, -0.25) is 5.10 Å². The minimum Gasteiger partial charge on any atom is -0.493 e. The Kier molecular flexibility index (Phi) is 2.91. The minimum absolute atomic E-state index is 0.267. The summed E-state index contributed by atoms with van der Waals surface area (Å²) in [5, 5.41) is 7.29. The molecule has 0 radical (unpaired) electrons. The monoisotopic (exact) mass is 261 g/mol. The van der Waals surface area contributed by atoms with E-state index in [1.165, 1.54) is 5.56 Å². The third-order valence-electron chi connectivity index (χ3n) is 3.37. The highest BCUT2D eigenvalue weighted by Crippen LogP contribution is 2.36. The Hall–Kier alpha value is -1.62. The average Bonchev–Trinajstić information content (AvgIpc) is 2.79. The average molecular weight is 261 g/mol. The summed E-state index contributed by atoms with van der Waals surface area (Å²) in [6.07, 6.45) is 0.941. The zero-order valence-electron chi connectivity index (χ0n) is 10.2. The molecule has 1 aromatic carbocycles. The molecular formula is C13H15N3OS. The largest absolute Gasteiger partial charge is 0.493 e. The van der Waals surface area contributed by atoms with E-state index in [9.17, 15) is 0 Å². The van der Waals surface area contributed by atoms with E-state index >= 15 is 0 Å². The molecule has 5 heteroatoms. The van der Waals surface area contributed by atoms with Crippen molar-refractivity contribution in [3.8, 4) is 5.75 Å². The first-order chi connectivity index (χ1) is 8.81. The Balaban J connectivity index is 2.11. The number of rotatable bonds is 2. The van der Waals surface area contributed by atoms with Gasteiger partial charge in [-0.05, 0) is 31.6 Å². The van der Waals surface area contributed by atoms with Gasteiger partial charge in [0.2, 0.25) is 0 Å². The van der Waals surface area contributed by atoms with Crippen LogP contribution in [0.3, 0.4) is 0 Å².